The Morgan fingerprint density at radius 1 is 0.556 bits per heavy atom. The van der Waals surface area contributed by atoms with E-state index in [1.807, 2.05) is 0 Å². The molecule has 2 aromatic rings. The van der Waals surface area contributed by atoms with Crippen LogP contribution in [0.5, 0.6) is 0 Å². The minimum absolute atomic E-state index is 0.432. The third-order valence-electron chi connectivity index (χ3n) is 2.15. The molecule has 0 radical (unpaired) electrons. The van der Waals surface area contributed by atoms with Crippen LogP contribution in [0, 0.1) is 0 Å². The van der Waals surface area contributed by atoms with Gasteiger partial charge < -0.3 is 34.4 Å². The number of nitrogens with two attached hydrogens (primary N) is 6. The van der Waals surface area contributed by atoms with Crippen LogP contribution < -0.4 is 34.4 Å². The molecule has 0 aliphatic carbocycles. The van der Waals surface area contributed by atoms with E-state index in [0.717, 1.165) is 8.42 Å². The first-order valence-electron chi connectivity index (χ1n) is 4.62. The van der Waals surface area contributed by atoms with Crippen LogP contribution >= 0.6 is 44.3 Å². The number of rotatable bonds is 3. The van der Waals surface area contributed by atoms with Crippen LogP contribution in [0.2, 0.25) is 0 Å². The van der Waals surface area contributed by atoms with Crippen molar-refractivity contribution in [2.45, 2.75) is 8.42 Å². The van der Waals surface area contributed by atoms with Crippen LogP contribution in [0.1, 0.15) is 0 Å². The van der Waals surface area contributed by atoms with E-state index in [0.29, 0.717) is 32.8 Å². The molecule has 0 aliphatic heterocycles. The molecule has 10 heteroatoms. The molecule has 0 bridgehead atoms. The van der Waals surface area contributed by atoms with Gasteiger partial charge >= 0.3 is 0 Å². The van der Waals surface area contributed by atoms with E-state index in [4.69, 9.17) is 34.4 Å². The lowest BCUT2D eigenvalue weighted by molar-refractivity contribution is 1.68. The van der Waals surface area contributed by atoms with E-state index in [-0.39, 0.29) is 0 Å². The Bertz CT molecular complexity index is 537. The number of hydrogen-bond donors (Lipinski definition) is 6. The van der Waals surface area contributed by atoms with Crippen molar-refractivity contribution >= 4 is 77.0 Å². The van der Waals surface area contributed by atoms with Crippen molar-refractivity contribution in [1.29, 1.82) is 0 Å². The van der Waals surface area contributed by atoms with Crippen molar-refractivity contribution in [3.8, 4) is 0 Å². The molecule has 0 fully saturated rings. The molecule has 0 saturated heterocycles. The molecular weight excluding hydrogens is 308 g/mol. The largest absolute Gasteiger partial charge is 0.395 e. The van der Waals surface area contributed by atoms with Crippen molar-refractivity contribution in [3.63, 3.8) is 0 Å². The molecule has 2 heterocycles. The molecule has 0 atom stereocenters. The number of nitrogen functional groups attached to an aromatic ring is 6. The minimum Gasteiger partial charge on any atom is -0.395 e. The van der Waals surface area contributed by atoms with Crippen LogP contribution in [-0.4, -0.2) is 0 Å². The van der Waals surface area contributed by atoms with E-state index in [9.17, 15) is 0 Å². The fourth-order valence-electron chi connectivity index (χ4n) is 1.10. The third-order valence-corrected chi connectivity index (χ3v) is 7.55. The lowest BCUT2D eigenvalue weighted by atomic mass is 10.4. The normalized spacial score (nSPS) is 10.9. The standard InChI is InChI=1S/C8H12N6S4/c9-1-3(11)7(15-5(1)13)17-18-8-4(12)2(10)6(14)16-8/h9-14H2. The highest BCUT2D eigenvalue weighted by Crippen LogP contribution is 2.53. The molecule has 0 spiro atoms. The maximum Gasteiger partial charge on any atom is 0.112 e. The number of hydrogen-bond acceptors (Lipinski definition) is 10. The summed E-state index contributed by atoms with van der Waals surface area (Å²) in [4.78, 5) is 0. The van der Waals surface area contributed by atoms with E-state index in [1.54, 1.807) is 0 Å². The van der Waals surface area contributed by atoms with E-state index >= 15 is 0 Å². The molecule has 2 aromatic heterocycles. The Kier molecular flexibility index (Phi) is 3.61. The maximum atomic E-state index is 5.83. The SMILES string of the molecule is Nc1sc(SSc2sc(N)c(N)c2N)c(N)c1N. The zero-order chi connectivity index (χ0) is 13.4. The molecule has 2 rings (SSSR count). The van der Waals surface area contributed by atoms with Crippen LogP contribution in [-0.2, 0) is 0 Å². The zero-order valence-electron chi connectivity index (χ0n) is 9.10. The van der Waals surface area contributed by atoms with Gasteiger partial charge in [-0.1, -0.05) is 0 Å². The second-order valence-corrected chi connectivity index (χ2v) is 8.10. The third kappa shape index (κ3) is 2.23. The van der Waals surface area contributed by atoms with Crippen molar-refractivity contribution in [2.75, 3.05) is 34.4 Å². The summed E-state index contributed by atoms with van der Waals surface area (Å²) in [5, 5.41) is 1.04. The van der Waals surface area contributed by atoms with Gasteiger partial charge in [-0.15, -0.1) is 22.7 Å². The highest BCUT2D eigenvalue weighted by molar-refractivity contribution is 8.77. The van der Waals surface area contributed by atoms with Gasteiger partial charge in [0.05, 0.1) is 31.2 Å². The van der Waals surface area contributed by atoms with E-state index < -0.39 is 0 Å². The Labute approximate surface area is 119 Å². The van der Waals surface area contributed by atoms with Gasteiger partial charge in [-0.25, -0.2) is 0 Å². The second-order valence-electron chi connectivity index (χ2n) is 3.33. The summed E-state index contributed by atoms with van der Waals surface area (Å²) in [7, 11) is 2.88. The molecular formula is C8H12N6S4. The fraction of sp³-hybridized carbons (Fsp3) is 0. The van der Waals surface area contributed by atoms with Gasteiger partial charge in [0, 0.05) is 0 Å². The lowest BCUT2D eigenvalue weighted by Gasteiger charge is -1.99. The van der Waals surface area contributed by atoms with Crippen molar-refractivity contribution in [2.24, 2.45) is 0 Å². The van der Waals surface area contributed by atoms with Crippen molar-refractivity contribution < 1.29 is 0 Å². The minimum atomic E-state index is 0.432. The van der Waals surface area contributed by atoms with E-state index in [1.165, 1.54) is 44.3 Å². The highest BCUT2D eigenvalue weighted by atomic mass is 33.1. The van der Waals surface area contributed by atoms with Crippen molar-refractivity contribution in [3.05, 3.63) is 0 Å². The van der Waals surface area contributed by atoms with Gasteiger partial charge in [0.25, 0.3) is 0 Å². The predicted octanol–water partition coefficient (Wildman–Crippen LogP) is 2.10. The topological polar surface area (TPSA) is 156 Å². The second kappa shape index (κ2) is 4.88. The average molecular weight is 320 g/mol. The van der Waals surface area contributed by atoms with Crippen LogP contribution in [0.15, 0.2) is 8.42 Å². The molecule has 6 nitrogen and oxygen atoms in total. The Hall–Kier alpha value is -1.10. The Balaban J connectivity index is 2.16. The monoisotopic (exact) mass is 320 g/mol. The summed E-state index contributed by atoms with van der Waals surface area (Å²) in [5.74, 6) is 0. The molecule has 0 aliphatic rings. The zero-order valence-corrected chi connectivity index (χ0v) is 12.4. The fourth-order valence-corrected chi connectivity index (χ4v) is 5.96. The molecule has 0 amide bonds. The van der Waals surface area contributed by atoms with Gasteiger partial charge in [0.15, 0.2) is 0 Å². The first kappa shape index (κ1) is 13.3. The van der Waals surface area contributed by atoms with Crippen LogP contribution in [0.4, 0.5) is 32.8 Å². The summed E-state index contributed by atoms with van der Waals surface area (Å²) >= 11 is 2.70. The van der Waals surface area contributed by atoms with Gasteiger partial charge in [-0.3, -0.25) is 0 Å². The molecule has 98 valence electrons. The summed E-state index contributed by atoms with van der Waals surface area (Å²) in [6.45, 7) is 0. The highest BCUT2D eigenvalue weighted by Gasteiger charge is 2.16. The van der Waals surface area contributed by atoms with Gasteiger partial charge in [0.1, 0.15) is 10.0 Å². The quantitative estimate of drug-likeness (QED) is 0.469. The van der Waals surface area contributed by atoms with Crippen LogP contribution in [0.3, 0.4) is 0 Å². The summed E-state index contributed by atoms with van der Waals surface area (Å²) in [5.41, 5.74) is 36.4. The Morgan fingerprint density at radius 2 is 0.889 bits per heavy atom. The molecule has 0 saturated carbocycles. The average Bonchev–Trinajstić information content (AvgIpc) is 2.72. The smallest absolute Gasteiger partial charge is 0.112 e. The molecule has 18 heavy (non-hydrogen) atoms. The Morgan fingerprint density at radius 3 is 1.11 bits per heavy atom. The summed E-state index contributed by atoms with van der Waals surface area (Å²) < 4.78 is 1.69. The first-order chi connectivity index (χ1) is 8.41. The number of anilines is 6. The first-order valence-corrected chi connectivity index (χ1v) is 8.41. The van der Waals surface area contributed by atoms with Gasteiger partial charge in [-0.05, 0) is 21.6 Å². The molecule has 0 aromatic carbocycles. The van der Waals surface area contributed by atoms with Crippen molar-refractivity contribution in [1.82, 2.24) is 0 Å². The van der Waals surface area contributed by atoms with E-state index in [2.05, 4.69) is 0 Å². The molecule has 12 N–H and O–H groups in total. The molecule has 0 unspecified atom stereocenters. The predicted molar refractivity (Wildman–Crippen MR) is 86.8 cm³/mol. The van der Waals surface area contributed by atoms with Crippen LogP contribution in [0.25, 0.3) is 0 Å². The van der Waals surface area contributed by atoms with Gasteiger partial charge in [-0.2, -0.15) is 0 Å². The summed E-state index contributed by atoms with van der Waals surface area (Å²) in [6.07, 6.45) is 0. The lowest BCUT2D eigenvalue weighted by Crippen LogP contribution is -1.94. The maximum absolute atomic E-state index is 5.83. The number of thiophene rings is 2. The summed E-state index contributed by atoms with van der Waals surface area (Å²) in [6, 6.07) is 0. The van der Waals surface area contributed by atoms with Gasteiger partial charge in [0.2, 0.25) is 0 Å².